The molecule has 0 heterocycles. The van der Waals surface area contributed by atoms with E-state index in [4.69, 9.17) is 4.74 Å². The number of Topliss-reactive ketones (excluding diaryl/α,β-unsaturated/α-hetero) is 1. The lowest BCUT2D eigenvalue weighted by Crippen LogP contribution is -2.11. The van der Waals surface area contributed by atoms with Gasteiger partial charge in [0.15, 0.2) is 5.78 Å². The van der Waals surface area contributed by atoms with E-state index < -0.39 is 0 Å². The second-order valence-electron chi connectivity index (χ2n) is 4.36. The molecule has 0 saturated carbocycles. The number of para-hydroxylation sites is 1. The average Bonchev–Trinajstić information content (AvgIpc) is 2.43. The number of ether oxygens (including phenoxy) is 2. The molecule has 5 heteroatoms. The minimum absolute atomic E-state index is 0.00712. The van der Waals surface area contributed by atoms with Crippen LogP contribution in [0.4, 0.5) is 0 Å². The molecule has 0 aliphatic heterocycles. The van der Waals surface area contributed by atoms with Crippen LogP contribution < -0.4 is 4.74 Å². The molecule has 110 valence electrons. The Balaban J connectivity index is 2.35. The Hall–Kier alpha value is -1.49. The Bertz CT molecular complexity index is 459. The fourth-order valence-electron chi connectivity index (χ4n) is 1.66. The van der Waals surface area contributed by atoms with Crippen molar-refractivity contribution < 1.29 is 19.1 Å². The maximum atomic E-state index is 11.4. The van der Waals surface area contributed by atoms with Gasteiger partial charge in [0.2, 0.25) is 0 Å². The molecular weight excluding hydrogens is 276 g/mol. The quantitative estimate of drug-likeness (QED) is 0.419. The van der Waals surface area contributed by atoms with Gasteiger partial charge in [0.1, 0.15) is 5.75 Å². The molecule has 1 unspecified atom stereocenters. The predicted octanol–water partition coefficient (Wildman–Crippen LogP) is 2.95. The smallest absolute Gasteiger partial charge is 0.306 e. The highest BCUT2D eigenvalue weighted by Crippen LogP contribution is 2.20. The number of methoxy groups -OCH3 is 1. The van der Waals surface area contributed by atoms with Crippen molar-refractivity contribution in [1.82, 2.24) is 0 Å². The van der Waals surface area contributed by atoms with E-state index in [1.54, 1.807) is 23.9 Å². The summed E-state index contributed by atoms with van der Waals surface area (Å²) in [6.07, 6.45) is 0.394. The molecular formula is C15H20O4S. The van der Waals surface area contributed by atoms with Crippen LogP contribution in [0.2, 0.25) is 0 Å². The molecule has 0 saturated heterocycles. The molecule has 0 aromatic heterocycles. The Morgan fingerprint density at radius 1 is 1.30 bits per heavy atom. The summed E-state index contributed by atoms with van der Waals surface area (Å²) in [5.41, 5.74) is 0.597. The number of rotatable bonds is 8. The zero-order chi connectivity index (χ0) is 15.0. The molecule has 1 aromatic carbocycles. The molecule has 0 aliphatic carbocycles. The van der Waals surface area contributed by atoms with Crippen molar-refractivity contribution in [2.75, 3.05) is 19.5 Å². The summed E-state index contributed by atoms with van der Waals surface area (Å²) in [4.78, 5) is 22.5. The van der Waals surface area contributed by atoms with Gasteiger partial charge in [0, 0.05) is 11.0 Å². The van der Waals surface area contributed by atoms with E-state index >= 15 is 0 Å². The third kappa shape index (κ3) is 5.65. The lowest BCUT2D eigenvalue weighted by molar-refractivity contribution is -0.140. The van der Waals surface area contributed by atoms with Crippen LogP contribution in [0.1, 0.15) is 30.6 Å². The van der Waals surface area contributed by atoms with E-state index in [1.165, 1.54) is 14.0 Å². The lowest BCUT2D eigenvalue weighted by atomic mass is 10.1. The average molecular weight is 296 g/mol. The molecule has 0 amide bonds. The summed E-state index contributed by atoms with van der Waals surface area (Å²) in [6.45, 7) is 4.00. The first-order valence-corrected chi connectivity index (χ1v) is 7.50. The van der Waals surface area contributed by atoms with Crippen molar-refractivity contribution >= 4 is 23.5 Å². The molecule has 1 aromatic rings. The molecule has 0 N–H and O–H groups in total. The number of esters is 1. The van der Waals surface area contributed by atoms with Gasteiger partial charge < -0.3 is 9.47 Å². The van der Waals surface area contributed by atoms with Gasteiger partial charge >= 0.3 is 5.97 Å². The molecule has 0 spiro atoms. The van der Waals surface area contributed by atoms with Gasteiger partial charge in [-0.3, -0.25) is 9.59 Å². The fraction of sp³-hybridized carbons (Fsp3) is 0.467. The van der Waals surface area contributed by atoms with Crippen molar-refractivity contribution in [1.29, 1.82) is 0 Å². The van der Waals surface area contributed by atoms with E-state index in [-0.39, 0.29) is 17.0 Å². The molecule has 4 nitrogen and oxygen atoms in total. The Morgan fingerprint density at radius 3 is 2.65 bits per heavy atom. The van der Waals surface area contributed by atoms with Gasteiger partial charge in [0.05, 0.1) is 25.7 Å². The highest BCUT2D eigenvalue weighted by atomic mass is 32.2. The van der Waals surface area contributed by atoms with Crippen molar-refractivity contribution in [3.63, 3.8) is 0 Å². The second kappa shape index (κ2) is 8.64. The first-order chi connectivity index (χ1) is 9.54. The third-order valence-electron chi connectivity index (χ3n) is 2.69. The third-order valence-corrected chi connectivity index (χ3v) is 3.83. The molecule has 0 fully saturated rings. The van der Waals surface area contributed by atoms with Crippen LogP contribution in [-0.2, 0) is 9.53 Å². The molecule has 0 bridgehead atoms. The van der Waals surface area contributed by atoms with Gasteiger partial charge in [0.25, 0.3) is 0 Å². The topological polar surface area (TPSA) is 52.6 Å². The van der Waals surface area contributed by atoms with Crippen LogP contribution >= 0.6 is 11.8 Å². The van der Waals surface area contributed by atoms with Crippen molar-refractivity contribution in [3.05, 3.63) is 29.8 Å². The monoisotopic (exact) mass is 296 g/mol. The fourth-order valence-corrected chi connectivity index (χ4v) is 2.50. The van der Waals surface area contributed by atoms with Crippen LogP contribution in [0, 0.1) is 0 Å². The number of ketones is 1. The summed E-state index contributed by atoms with van der Waals surface area (Å²) < 4.78 is 10.2. The minimum Gasteiger partial charge on any atom is -0.492 e. The first kappa shape index (κ1) is 16.6. The number of carbonyl (C=O) groups is 2. The number of hydrogen-bond donors (Lipinski definition) is 0. The number of thioether (sulfide) groups is 1. The van der Waals surface area contributed by atoms with E-state index in [0.717, 1.165) is 5.75 Å². The molecule has 0 radical (unpaired) electrons. The minimum atomic E-state index is -0.201. The summed E-state index contributed by atoms with van der Waals surface area (Å²) in [5, 5.41) is 0.189. The van der Waals surface area contributed by atoms with Crippen LogP contribution in [0.15, 0.2) is 24.3 Å². The number of benzene rings is 1. The standard InChI is InChI=1S/C15H20O4S/c1-11(10-15(17)18-3)20-9-8-19-14-7-5-4-6-13(14)12(2)16/h4-7,11H,8-10H2,1-3H3. The largest absolute Gasteiger partial charge is 0.492 e. The zero-order valence-corrected chi connectivity index (χ0v) is 12.9. The number of hydrogen-bond acceptors (Lipinski definition) is 5. The summed E-state index contributed by atoms with van der Waals surface area (Å²) in [5.74, 6) is 1.16. The normalized spacial score (nSPS) is 11.8. The van der Waals surface area contributed by atoms with Crippen molar-refractivity contribution in [2.45, 2.75) is 25.5 Å². The van der Waals surface area contributed by atoms with Crippen molar-refractivity contribution in [3.8, 4) is 5.75 Å². The van der Waals surface area contributed by atoms with Gasteiger partial charge in [-0.05, 0) is 19.1 Å². The molecule has 1 atom stereocenters. The Morgan fingerprint density at radius 2 is 2.00 bits per heavy atom. The Labute approximate surface area is 123 Å². The maximum Gasteiger partial charge on any atom is 0.306 e. The molecule has 0 aliphatic rings. The molecule has 1 rings (SSSR count). The van der Waals surface area contributed by atoms with Gasteiger partial charge in [-0.1, -0.05) is 19.1 Å². The van der Waals surface area contributed by atoms with E-state index in [9.17, 15) is 9.59 Å². The van der Waals surface area contributed by atoms with Crippen LogP contribution in [0.3, 0.4) is 0 Å². The first-order valence-electron chi connectivity index (χ1n) is 6.45. The van der Waals surface area contributed by atoms with E-state index in [0.29, 0.717) is 24.3 Å². The summed E-state index contributed by atoms with van der Waals surface area (Å²) in [7, 11) is 1.39. The van der Waals surface area contributed by atoms with Gasteiger partial charge in [-0.2, -0.15) is 11.8 Å². The molecule has 20 heavy (non-hydrogen) atoms. The van der Waals surface area contributed by atoms with E-state index in [1.807, 2.05) is 19.1 Å². The van der Waals surface area contributed by atoms with Gasteiger partial charge in [-0.15, -0.1) is 0 Å². The lowest BCUT2D eigenvalue weighted by Gasteiger charge is -2.12. The van der Waals surface area contributed by atoms with Crippen LogP contribution in [0.25, 0.3) is 0 Å². The number of carbonyl (C=O) groups excluding carboxylic acids is 2. The zero-order valence-electron chi connectivity index (χ0n) is 12.0. The highest BCUT2D eigenvalue weighted by molar-refractivity contribution is 7.99. The van der Waals surface area contributed by atoms with Crippen LogP contribution in [-0.4, -0.2) is 36.5 Å². The van der Waals surface area contributed by atoms with Gasteiger partial charge in [-0.25, -0.2) is 0 Å². The Kier molecular flexibility index (Phi) is 7.15. The maximum absolute atomic E-state index is 11.4. The predicted molar refractivity (Wildman–Crippen MR) is 80.5 cm³/mol. The summed E-state index contributed by atoms with van der Waals surface area (Å²) >= 11 is 1.64. The van der Waals surface area contributed by atoms with Crippen molar-refractivity contribution in [2.24, 2.45) is 0 Å². The highest BCUT2D eigenvalue weighted by Gasteiger charge is 2.10. The second-order valence-corrected chi connectivity index (χ2v) is 5.91. The van der Waals surface area contributed by atoms with E-state index in [2.05, 4.69) is 4.74 Å². The van der Waals surface area contributed by atoms with Crippen LogP contribution in [0.5, 0.6) is 5.75 Å². The SMILES string of the molecule is COC(=O)CC(C)SCCOc1ccccc1C(C)=O. The summed E-state index contributed by atoms with van der Waals surface area (Å²) in [6, 6.07) is 7.20.